The van der Waals surface area contributed by atoms with E-state index in [0.29, 0.717) is 29.7 Å². The summed E-state index contributed by atoms with van der Waals surface area (Å²) in [6.07, 6.45) is 1.62. The monoisotopic (exact) mass is 301 g/mol. The number of rotatable bonds is 5. The molecule has 0 amide bonds. The predicted octanol–water partition coefficient (Wildman–Crippen LogP) is 3.30. The third-order valence-corrected chi connectivity index (χ3v) is 4.13. The lowest BCUT2D eigenvalue weighted by Crippen LogP contribution is -2.38. The first-order valence-corrected chi connectivity index (χ1v) is 7.41. The highest BCUT2D eigenvalue weighted by atomic mass is 32.2. The molecule has 1 aliphatic heterocycles. The molecule has 6 heteroatoms. The van der Waals surface area contributed by atoms with Gasteiger partial charge in [0.25, 0.3) is 5.76 Å². The molecule has 1 aliphatic rings. The maximum atomic E-state index is 12.2. The van der Waals surface area contributed by atoms with Crippen molar-refractivity contribution in [3.05, 3.63) is 29.8 Å². The Balaban J connectivity index is 1.91. The molecular formula is C14H17F2NO2S. The fourth-order valence-corrected chi connectivity index (χ4v) is 2.93. The number of likely N-dealkylation sites (tertiary alicyclic amines) is 1. The van der Waals surface area contributed by atoms with E-state index in [-0.39, 0.29) is 5.92 Å². The van der Waals surface area contributed by atoms with E-state index >= 15 is 0 Å². The van der Waals surface area contributed by atoms with Crippen LogP contribution >= 0.6 is 11.8 Å². The fourth-order valence-electron chi connectivity index (χ4n) is 2.44. The van der Waals surface area contributed by atoms with Crippen molar-refractivity contribution >= 4 is 17.7 Å². The number of halogens is 2. The molecule has 1 aromatic rings. The third-order valence-electron chi connectivity index (χ3n) is 3.41. The number of alkyl halides is 2. The van der Waals surface area contributed by atoms with Crippen molar-refractivity contribution in [2.75, 3.05) is 13.1 Å². The molecule has 1 fully saturated rings. The number of carboxylic acid groups (broad SMARTS) is 1. The normalized spacial score (nSPS) is 20.2. The Kier molecular flexibility index (Phi) is 5.37. The van der Waals surface area contributed by atoms with Gasteiger partial charge in [-0.15, -0.1) is 0 Å². The number of piperidine rings is 1. The van der Waals surface area contributed by atoms with Gasteiger partial charge in [-0.05, 0) is 37.1 Å². The van der Waals surface area contributed by atoms with Gasteiger partial charge in [0.05, 0.1) is 5.92 Å². The SMILES string of the molecule is O=C(O)C1CCCN(Cc2ccc(SC(F)F)cc2)C1. The van der Waals surface area contributed by atoms with Crippen LogP contribution in [0.2, 0.25) is 0 Å². The fraction of sp³-hybridized carbons (Fsp3) is 0.500. The number of carbonyl (C=O) groups is 1. The Hall–Kier alpha value is -1.14. The Morgan fingerprint density at radius 1 is 1.40 bits per heavy atom. The second kappa shape index (κ2) is 7.04. The largest absolute Gasteiger partial charge is 0.481 e. The molecule has 1 N–H and O–H groups in total. The molecule has 2 rings (SSSR count). The first-order valence-electron chi connectivity index (χ1n) is 6.53. The first kappa shape index (κ1) is 15.3. The van der Waals surface area contributed by atoms with Gasteiger partial charge >= 0.3 is 5.97 Å². The lowest BCUT2D eigenvalue weighted by atomic mass is 9.98. The van der Waals surface area contributed by atoms with Gasteiger partial charge in [-0.1, -0.05) is 23.9 Å². The molecule has 1 atom stereocenters. The van der Waals surface area contributed by atoms with E-state index in [1.54, 1.807) is 12.1 Å². The second-order valence-electron chi connectivity index (χ2n) is 4.93. The maximum absolute atomic E-state index is 12.2. The number of hydrogen-bond acceptors (Lipinski definition) is 3. The minimum atomic E-state index is -2.40. The van der Waals surface area contributed by atoms with E-state index in [9.17, 15) is 13.6 Å². The molecule has 0 spiro atoms. The van der Waals surface area contributed by atoms with Crippen molar-refractivity contribution in [1.82, 2.24) is 4.90 Å². The highest BCUT2D eigenvalue weighted by Crippen LogP contribution is 2.26. The minimum Gasteiger partial charge on any atom is -0.481 e. The molecule has 20 heavy (non-hydrogen) atoms. The van der Waals surface area contributed by atoms with Crippen molar-refractivity contribution in [3.63, 3.8) is 0 Å². The van der Waals surface area contributed by atoms with Crippen LogP contribution in [-0.2, 0) is 11.3 Å². The van der Waals surface area contributed by atoms with Crippen molar-refractivity contribution in [1.29, 1.82) is 0 Å². The van der Waals surface area contributed by atoms with E-state index in [1.165, 1.54) is 0 Å². The van der Waals surface area contributed by atoms with E-state index in [2.05, 4.69) is 4.90 Å². The zero-order chi connectivity index (χ0) is 14.5. The maximum Gasteiger partial charge on any atom is 0.307 e. The summed E-state index contributed by atoms with van der Waals surface area (Å²) < 4.78 is 24.4. The van der Waals surface area contributed by atoms with Crippen molar-refractivity contribution in [2.45, 2.75) is 30.0 Å². The van der Waals surface area contributed by atoms with Crippen LogP contribution < -0.4 is 0 Å². The average molecular weight is 301 g/mol. The summed E-state index contributed by atoms with van der Waals surface area (Å²) in [4.78, 5) is 13.7. The van der Waals surface area contributed by atoms with Crippen molar-refractivity contribution < 1.29 is 18.7 Å². The Labute approximate surface area is 121 Å². The quantitative estimate of drug-likeness (QED) is 0.847. The van der Waals surface area contributed by atoms with E-state index in [1.807, 2.05) is 12.1 Å². The lowest BCUT2D eigenvalue weighted by molar-refractivity contribution is -0.143. The van der Waals surface area contributed by atoms with E-state index in [4.69, 9.17) is 5.11 Å². The van der Waals surface area contributed by atoms with Gasteiger partial charge < -0.3 is 5.11 Å². The molecule has 1 heterocycles. The van der Waals surface area contributed by atoms with E-state index in [0.717, 1.165) is 24.9 Å². The van der Waals surface area contributed by atoms with Crippen LogP contribution in [0.15, 0.2) is 29.2 Å². The Morgan fingerprint density at radius 2 is 2.10 bits per heavy atom. The molecule has 0 bridgehead atoms. The molecule has 0 aliphatic carbocycles. The van der Waals surface area contributed by atoms with Crippen molar-refractivity contribution in [2.24, 2.45) is 5.92 Å². The minimum absolute atomic E-state index is 0.294. The third kappa shape index (κ3) is 4.45. The predicted molar refractivity (Wildman–Crippen MR) is 73.9 cm³/mol. The molecule has 1 unspecified atom stereocenters. The summed E-state index contributed by atoms with van der Waals surface area (Å²) in [6, 6.07) is 7.03. The topological polar surface area (TPSA) is 40.5 Å². The van der Waals surface area contributed by atoms with Gasteiger partial charge in [-0.25, -0.2) is 0 Å². The van der Waals surface area contributed by atoms with Crippen LogP contribution in [0.3, 0.4) is 0 Å². The summed E-state index contributed by atoms with van der Waals surface area (Å²) in [5, 5.41) is 9.04. The average Bonchev–Trinajstić information content (AvgIpc) is 2.41. The summed E-state index contributed by atoms with van der Waals surface area (Å²) in [5.74, 6) is -3.44. The molecule has 1 saturated heterocycles. The first-order chi connectivity index (χ1) is 9.54. The lowest BCUT2D eigenvalue weighted by Gasteiger charge is -2.30. The van der Waals surface area contributed by atoms with Crippen LogP contribution in [0, 0.1) is 5.92 Å². The van der Waals surface area contributed by atoms with Gasteiger partial charge in [0.2, 0.25) is 0 Å². The molecule has 0 radical (unpaired) electrons. The van der Waals surface area contributed by atoms with Crippen LogP contribution in [-0.4, -0.2) is 34.8 Å². The highest BCUT2D eigenvalue weighted by molar-refractivity contribution is 7.99. The number of carboxylic acids is 1. The number of aliphatic carboxylic acids is 1. The van der Waals surface area contributed by atoms with E-state index < -0.39 is 11.7 Å². The highest BCUT2D eigenvalue weighted by Gasteiger charge is 2.25. The smallest absolute Gasteiger partial charge is 0.307 e. The number of nitrogens with zero attached hydrogens (tertiary/aromatic N) is 1. The zero-order valence-corrected chi connectivity index (χ0v) is 11.8. The molecular weight excluding hydrogens is 284 g/mol. The van der Waals surface area contributed by atoms with Gasteiger partial charge in [0, 0.05) is 18.0 Å². The summed E-state index contributed by atoms with van der Waals surface area (Å²) in [5.41, 5.74) is 1.02. The Bertz CT molecular complexity index is 453. The molecule has 0 aromatic heterocycles. The van der Waals surface area contributed by atoms with Crippen LogP contribution in [0.5, 0.6) is 0 Å². The van der Waals surface area contributed by atoms with Crippen LogP contribution in [0.1, 0.15) is 18.4 Å². The second-order valence-corrected chi connectivity index (χ2v) is 6.00. The number of thioether (sulfide) groups is 1. The van der Waals surface area contributed by atoms with Gasteiger partial charge in [-0.2, -0.15) is 8.78 Å². The summed E-state index contributed by atoms with van der Waals surface area (Å²) in [6.45, 7) is 2.11. The number of hydrogen-bond donors (Lipinski definition) is 1. The van der Waals surface area contributed by atoms with Gasteiger partial charge in [-0.3, -0.25) is 9.69 Å². The van der Waals surface area contributed by atoms with Gasteiger partial charge in [0.1, 0.15) is 0 Å². The molecule has 110 valence electrons. The number of benzene rings is 1. The molecule has 1 aromatic carbocycles. The standard InChI is InChI=1S/C14H17F2NO2S/c15-14(16)20-12-5-3-10(4-6-12)8-17-7-1-2-11(9-17)13(18)19/h3-6,11,14H,1-2,7-9H2,(H,18,19). The molecule has 0 saturated carbocycles. The van der Waals surface area contributed by atoms with Gasteiger partial charge in [0.15, 0.2) is 0 Å². The van der Waals surface area contributed by atoms with Crippen molar-refractivity contribution in [3.8, 4) is 0 Å². The molecule has 3 nitrogen and oxygen atoms in total. The summed E-state index contributed by atoms with van der Waals surface area (Å²) in [7, 11) is 0. The van der Waals surface area contributed by atoms with Crippen LogP contribution in [0.25, 0.3) is 0 Å². The zero-order valence-electron chi connectivity index (χ0n) is 11.0. The Morgan fingerprint density at radius 3 is 2.70 bits per heavy atom. The summed E-state index contributed by atoms with van der Waals surface area (Å²) >= 11 is 0.533. The van der Waals surface area contributed by atoms with Crippen LogP contribution in [0.4, 0.5) is 8.78 Å².